The summed E-state index contributed by atoms with van der Waals surface area (Å²) in [6, 6.07) is 15.2. The van der Waals surface area contributed by atoms with Crippen LogP contribution >= 0.6 is 0 Å². The van der Waals surface area contributed by atoms with Crippen LogP contribution in [0.25, 0.3) is 0 Å². The van der Waals surface area contributed by atoms with E-state index < -0.39 is 0 Å². The van der Waals surface area contributed by atoms with Crippen molar-refractivity contribution in [3.8, 4) is 0 Å². The number of likely N-dealkylation sites (tertiary alicyclic amines) is 1. The Labute approximate surface area is 159 Å². The minimum Gasteiger partial charge on any atom is -0.379 e. The van der Waals surface area contributed by atoms with Gasteiger partial charge in [-0.25, -0.2) is 4.39 Å². The van der Waals surface area contributed by atoms with E-state index >= 15 is 0 Å². The normalized spacial score (nSPS) is 23.5. The minimum absolute atomic E-state index is 0.0968. The Morgan fingerprint density at radius 3 is 2.74 bits per heavy atom. The summed E-state index contributed by atoms with van der Waals surface area (Å²) in [5, 5.41) is 6.77. The highest BCUT2D eigenvalue weighted by Crippen LogP contribution is 2.33. The molecule has 27 heavy (non-hydrogen) atoms. The molecule has 142 valence electrons. The first-order valence-corrected chi connectivity index (χ1v) is 9.72. The van der Waals surface area contributed by atoms with Gasteiger partial charge in [0.15, 0.2) is 0 Å². The number of rotatable bonds is 2. The van der Waals surface area contributed by atoms with Gasteiger partial charge in [-0.05, 0) is 43.5 Å². The van der Waals surface area contributed by atoms with Gasteiger partial charge in [-0.2, -0.15) is 0 Å². The van der Waals surface area contributed by atoms with Crippen molar-refractivity contribution in [2.24, 2.45) is 0 Å². The van der Waals surface area contributed by atoms with Gasteiger partial charge in [-0.15, -0.1) is 0 Å². The summed E-state index contributed by atoms with van der Waals surface area (Å²) in [6.07, 6.45) is 3.26. The first kappa shape index (κ1) is 18.0. The monoisotopic (exact) mass is 367 g/mol. The fourth-order valence-electron chi connectivity index (χ4n) is 4.27. The maximum atomic E-state index is 14.0. The Morgan fingerprint density at radius 1 is 1.04 bits per heavy atom. The number of nitrogens with one attached hydrogen (secondary N) is 2. The molecule has 0 radical (unpaired) electrons. The molecule has 1 fully saturated rings. The van der Waals surface area contributed by atoms with E-state index in [-0.39, 0.29) is 17.3 Å². The molecule has 0 bridgehead atoms. The molecule has 1 saturated heterocycles. The third kappa shape index (κ3) is 4.14. The van der Waals surface area contributed by atoms with Crippen molar-refractivity contribution in [3.63, 3.8) is 0 Å². The maximum Gasteiger partial charge on any atom is 0.222 e. The molecule has 2 aliphatic rings. The average molecular weight is 367 g/mol. The molecule has 0 aromatic heterocycles. The van der Waals surface area contributed by atoms with Gasteiger partial charge < -0.3 is 10.6 Å². The standard InChI is InChI=1S/C22H26FN3O/c23-19-8-3-1-7-18(19)16-26-12-5-10-22(11-13-26)14-21(27)24-15-17-6-2-4-9-20(17)25-22/h1-4,6-9,25H,5,10-16H2,(H,24,27). The Hall–Kier alpha value is -2.40. The lowest BCUT2D eigenvalue weighted by atomic mass is 9.85. The Morgan fingerprint density at radius 2 is 1.85 bits per heavy atom. The van der Waals surface area contributed by atoms with Crippen LogP contribution in [0.15, 0.2) is 48.5 Å². The van der Waals surface area contributed by atoms with Crippen LogP contribution in [0.2, 0.25) is 0 Å². The van der Waals surface area contributed by atoms with Gasteiger partial charge >= 0.3 is 0 Å². The molecule has 2 heterocycles. The number of hydrogen-bond donors (Lipinski definition) is 2. The lowest BCUT2D eigenvalue weighted by Crippen LogP contribution is -2.46. The number of fused-ring (bicyclic) bond motifs is 1. The number of para-hydroxylation sites is 1. The maximum absolute atomic E-state index is 14.0. The molecule has 1 amide bonds. The quantitative estimate of drug-likeness (QED) is 0.851. The number of carbonyl (C=O) groups is 1. The van der Waals surface area contributed by atoms with E-state index in [1.807, 2.05) is 24.3 Å². The van der Waals surface area contributed by atoms with E-state index in [0.29, 0.717) is 19.5 Å². The Bertz CT molecular complexity index is 825. The van der Waals surface area contributed by atoms with Crippen molar-refractivity contribution in [2.75, 3.05) is 18.4 Å². The second-order valence-electron chi connectivity index (χ2n) is 7.74. The first-order chi connectivity index (χ1) is 13.1. The third-order valence-electron chi connectivity index (χ3n) is 5.78. The van der Waals surface area contributed by atoms with E-state index in [1.54, 1.807) is 6.07 Å². The average Bonchev–Trinajstić information content (AvgIpc) is 2.84. The Balaban J connectivity index is 1.52. The number of anilines is 1. The molecule has 0 aliphatic carbocycles. The van der Waals surface area contributed by atoms with E-state index in [0.717, 1.165) is 49.2 Å². The molecule has 2 aliphatic heterocycles. The largest absolute Gasteiger partial charge is 0.379 e. The summed E-state index contributed by atoms with van der Waals surface area (Å²) in [5.74, 6) is -0.0478. The highest BCUT2D eigenvalue weighted by atomic mass is 19.1. The van der Waals surface area contributed by atoms with Crippen molar-refractivity contribution < 1.29 is 9.18 Å². The number of benzene rings is 2. The van der Waals surface area contributed by atoms with Crippen LogP contribution in [-0.2, 0) is 17.9 Å². The zero-order valence-electron chi connectivity index (χ0n) is 15.5. The molecule has 2 N–H and O–H groups in total. The number of amides is 1. The lowest BCUT2D eigenvalue weighted by molar-refractivity contribution is -0.122. The summed E-state index contributed by atoms with van der Waals surface area (Å²) in [4.78, 5) is 14.7. The van der Waals surface area contributed by atoms with Gasteiger partial charge in [0.1, 0.15) is 5.82 Å². The second-order valence-corrected chi connectivity index (χ2v) is 7.74. The highest BCUT2D eigenvalue weighted by molar-refractivity contribution is 5.79. The van der Waals surface area contributed by atoms with E-state index in [9.17, 15) is 9.18 Å². The van der Waals surface area contributed by atoms with Crippen molar-refractivity contribution in [1.82, 2.24) is 10.2 Å². The molecule has 2 aromatic rings. The lowest BCUT2D eigenvalue weighted by Gasteiger charge is -2.37. The van der Waals surface area contributed by atoms with Gasteiger partial charge in [0.2, 0.25) is 5.91 Å². The Kier molecular flexibility index (Phi) is 5.12. The second kappa shape index (κ2) is 7.69. The van der Waals surface area contributed by atoms with Gasteiger partial charge in [-0.1, -0.05) is 36.4 Å². The zero-order valence-corrected chi connectivity index (χ0v) is 15.5. The predicted molar refractivity (Wildman–Crippen MR) is 105 cm³/mol. The topological polar surface area (TPSA) is 44.4 Å². The van der Waals surface area contributed by atoms with Crippen LogP contribution < -0.4 is 10.6 Å². The van der Waals surface area contributed by atoms with Crippen molar-refractivity contribution in [2.45, 2.75) is 44.3 Å². The van der Waals surface area contributed by atoms with Gasteiger partial charge in [-0.3, -0.25) is 9.69 Å². The molecule has 5 heteroatoms. The summed E-state index contributed by atoms with van der Waals surface area (Å²) in [6.45, 7) is 2.95. The molecule has 1 unspecified atom stereocenters. The minimum atomic E-state index is -0.245. The van der Waals surface area contributed by atoms with Crippen LogP contribution in [0.5, 0.6) is 0 Å². The third-order valence-corrected chi connectivity index (χ3v) is 5.78. The van der Waals surface area contributed by atoms with Crippen LogP contribution in [0.1, 0.15) is 36.8 Å². The van der Waals surface area contributed by atoms with E-state index in [1.165, 1.54) is 6.07 Å². The zero-order chi connectivity index (χ0) is 18.7. The van der Waals surface area contributed by atoms with Crippen LogP contribution in [0, 0.1) is 5.82 Å². The van der Waals surface area contributed by atoms with E-state index in [4.69, 9.17) is 0 Å². The number of hydrogen-bond acceptors (Lipinski definition) is 3. The van der Waals surface area contributed by atoms with Crippen molar-refractivity contribution in [3.05, 3.63) is 65.5 Å². The smallest absolute Gasteiger partial charge is 0.222 e. The number of halogens is 1. The van der Waals surface area contributed by atoms with Gasteiger partial charge in [0.25, 0.3) is 0 Å². The molecule has 0 saturated carbocycles. The fourth-order valence-corrected chi connectivity index (χ4v) is 4.27. The van der Waals surface area contributed by atoms with Crippen LogP contribution in [-0.4, -0.2) is 29.4 Å². The molecule has 4 rings (SSSR count). The summed E-state index contributed by atoms with van der Waals surface area (Å²) in [5.41, 5.74) is 2.73. The number of nitrogens with zero attached hydrogens (tertiary/aromatic N) is 1. The summed E-state index contributed by atoms with van der Waals surface area (Å²) >= 11 is 0. The van der Waals surface area contributed by atoms with Crippen LogP contribution in [0.3, 0.4) is 0 Å². The summed E-state index contributed by atoms with van der Waals surface area (Å²) < 4.78 is 14.0. The van der Waals surface area contributed by atoms with Gasteiger partial charge in [0.05, 0.1) is 0 Å². The summed E-state index contributed by atoms with van der Waals surface area (Å²) in [7, 11) is 0. The predicted octanol–water partition coefficient (Wildman–Crippen LogP) is 3.68. The highest BCUT2D eigenvalue weighted by Gasteiger charge is 2.36. The molecular weight excluding hydrogens is 341 g/mol. The first-order valence-electron chi connectivity index (χ1n) is 9.72. The molecule has 1 atom stereocenters. The van der Waals surface area contributed by atoms with Gasteiger partial charge in [0, 0.05) is 42.8 Å². The van der Waals surface area contributed by atoms with Crippen molar-refractivity contribution >= 4 is 11.6 Å². The molecular formula is C22H26FN3O. The number of carbonyl (C=O) groups excluding carboxylic acids is 1. The molecule has 1 spiro atoms. The van der Waals surface area contributed by atoms with Crippen LogP contribution in [0.4, 0.5) is 10.1 Å². The molecule has 2 aromatic carbocycles. The fraction of sp³-hybridized carbons (Fsp3) is 0.409. The molecule has 4 nitrogen and oxygen atoms in total. The van der Waals surface area contributed by atoms with Crippen molar-refractivity contribution in [1.29, 1.82) is 0 Å². The van der Waals surface area contributed by atoms with E-state index in [2.05, 4.69) is 27.7 Å². The SMILES string of the molecule is O=C1CC2(CCCN(Cc3ccccc3F)CC2)Nc2ccccc2CN1.